The van der Waals surface area contributed by atoms with Crippen LogP contribution >= 0.6 is 0 Å². The molecule has 1 N–H and O–H groups in total. The molecular formula is C29H28N2O5S. The van der Waals surface area contributed by atoms with Gasteiger partial charge in [0, 0.05) is 24.7 Å². The number of carbonyl (C=O) groups is 1. The fourth-order valence-corrected chi connectivity index (χ4v) is 4.88. The van der Waals surface area contributed by atoms with Crippen molar-refractivity contribution < 1.29 is 22.7 Å². The average Bonchev–Trinajstić information content (AvgIpc) is 2.92. The second kappa shape index (κ2) is 11.7. The Morgan fingerprint density at radius 2 is 1.49 bits per heavy atom. The van der Waals surface area contributed by atoms with Crippen molar-refractivity contribution in [2.24, 2.45) is 0 Å². The largest absolute Gasteiger partial charge is 0.494 e. The summed E-state index contributed by atoms with van der Waals surface area (Å²) in [5, 5.41) is 2.90. The van der Waals surface area contributed by atoms with Crippen LogP contribution < -0.4 is 14.8 Å². The molecule has 0 unspecified atom stereocenters. The molecule has 0 aliphatic rings. The van der Waals surface area contributed by atoms with Gasteiger partial charge in [-0.25, -0.2) is 8.42 Å². The number of nitrogens with one attached hydrogen (secondary N) is 1. The highest BCUT2D eigenvalue weighted by atomic mass is 32.2. The lowest BCUT2D eigenvalue weighted by molar-refractivity contribution is 0.102. The molecule has 0 aliphatic heterocycles. The highest BCUT2D eigenvalue weighted by molar-refractivity contribution is 7.89. The average molecular weight is 517 g/mol. The molecule has 1 amide bonds. The zero-order valence-corrected chi connectivity index (χ0v) is 21.4. The van der Waals surface area contributed by atoms with Crippen LogP contribution in [0.5, 0.6) is 17.2 Å². The lowest BCUT2D eigenvalue weighted by Gasteiger charge is -2.20. The van der Waals surface area contributed by atoms with Crippen LogP contribution in [0.3, 0.4) is 0 Å². The van der Waals surface area contributed by atoms with E-state index in [1.54, 1.807) is 66.7 Å². The molecule has 0 saturated carbocycles. The van der Waals surface area contributed by atoms with Crippen molar-refractivity contribution in [2.45, 2.75) is 18.4 Å². The van der Waals surface area contributed by atoms with E-state index < -0.39 is 10.0 Å². The zero-order chi connectivity index (χ0) is 26.3. The van der Waals surface area contributed by atoms with Gasteiger partial charge in [0.25, 0.3) is 5.91 Å². The van der Waals surface area contributed by atoms with E-state index in [4.69, 9.17) is 9.47 Å². The van der Waals surface area contributed by atoms with Crippen LogP contribution in [-0.4, -0.2) is 32.3 Å². The SMILES string of the molecule is CCOc1ccc(C(=O)Nc2ccccc2Oc2ccccc2)cc1CN(C)S(=O)(=O)c1ccccc1. The summed E-state index contributed by atoms with van der Waals surface area (Å²) in [5.41, 5.74) is 1.44. The molecule has 190 valence electrons. The fourth-order valence-electron chi connectivity index (χ4n) is 3.71. The lowest BCUT2D eigenvalue weighted by Crippen LogP contribution is -2.27. The molecule has 4 aromatic carbocycles. The summed E-state index contributed by atoms with van der Waals surface area (Å²) < 4.78 is 39.0. The van der Waals surface area contributed by atoms with Gasteiger partial charge in [0.05, 0.1) is 17.2 Å². The van der Waals surface area contributed by atoms with Gasteiger partial charge >= 0.3 is 0 Å². The van der Waals surface area contributed by atoms with Crippen molar-refractivity contribution in [3.05, 3.63) is 114 Å². The van der Waals surface area contributed by atoms with Crippen LogP contribution in [0.2, 0.25) is 0 Å². The van der Waals surface area contributed by atoms with E-state index in [1.807, 2.05) is 43.3 Å². The topological polar surface area (TPSA) is 84.9 Å². The van der Waals surface area contributed by atoms with Crippen molar-refractivity contribution in [1.82, 2.24) is 4.31 Å². The Kier molecular flexibility index (Phi) is 8.22. The molecular weight excluding hydrogens is 488 g/mol. The van der Waals surface area contributed by atoms with Gasteiger partial charge in [-0.15, -0.1) is 0 Å². The van der Waals surface area contributed by atoms with Crippen LogP contribution in [0.15, 0.2) is 108 Å². The molecule has 0 aromatic heterocycles. The van der Waals surface area contributed by atoms with Crippen molar-refractivity contribution in [2.75, 3.05) is 19.0 Å². The highest BCUT2D eigenvalue weighted by Crippen LogP contribution is 2.30. The predicted molar refractivity (Wildman–Crippen MR) is 144 cm³/mol. The number of benzene rings is 4. The Balaban J connectivity index is 1.57. The molecule has 37 heavy (non-hydrogen) atoms. The predicted octanol–water partition coefficient (Wildman–Crippen LogP) is 5.95. The Bertz CT molecular complexity index is 1460. The molecule has 0 radical (unpaired) electrons. The number of sulfonamides is 1. The quantitative estimate of drug-likeness (QED) is 0.282. The van der Waals surface area contributed by atoms with Crippen LogP contribution in [0, 0.1) is 0 Å². The maximum absolute atomic E-state index is 13.2. The first kappa shape index (κ1) is 25.9. The minimum absolute atomic E-state index is 0.0292. The molecule has 0 saturated heterocycles. The summed E-state index contributed by atoms with van der Waals surface area (Å²) in [5.74, 6) is 1.31. The summed E-state index contributed by atoms with van der Waals surface area (Å²) in [6.07, 6.45) is 0. The van der Waals surface area contributed by atoms with Crippen molar-refractivity contribution in [1.29, 1.82) is 0 Å². The summed E-state index contributed by atoms with van der Waals surface area (Å²) in [6.45, 7) is 2.28. The van der Waals surface area contributed by atoms with Gasteiger partial charge in [-0.05, 0) is 61.5 Å². The van der Waals surface area contributed by atoms with E-state index in [0.717, 1.165) is 0 Å². The van der Waals surface area contributed by atoms with E-state index in [-0.39, 0.29) is 17.3 Å². The summed E-state index contributed by atoms with van der Waals surface area (Å²) in [6, 6.07) is 29.7. The normalized spacial score (nSPS) is 11.2. The third-order valence-electron chi connectivity index (χ3n) is 5.57. The number of anilines is 1. The summed E-state index contributed by atoms with van der Waals surface area (Å²) in [4.78, 5) is 13.4. The first-order valence-corrected chi connectivity index (χ1v) is 13.2. The molecule has 0 atom stereocenters. The molecule has 0 fully saturated rings. The van der Waals surface area contributed by atoms with Gasteiger partial charge in [-0.3, -0.25) is 4.79 Å². The van der Waals surface area contributed by atoms with Gasteiger partial charge in [0.15, 0.2) is 5.75 Å². The zero-order valence-electron chi connectivity index (χ0n) is 20.6. The molecule has 0 spiro atoms. The van der Waals surface area contributed by atoms with Gasteiger partial charge in [0.2, 0.25) is 10.0 Å². The second-order valence-electron chi connectivity index (χ2n) is 8.20. The maximum Gasteiger partial charge on any atom is 0.255 e. The minimum atomic E-state index is -3.73. The molecule has 4 rings (SSSR count). The van der Waals surface area contributed by atoms with Crippen LogP contribution in [-0.2, 0) is 16.6 Å². The Hall–Kier alpha value is -4.14. The number of carbonyl (C=O) groups excluding carboxylic acids is 1. The van der Waals surface area contributed by atoms with E-state index in [2.05, 4.69) is 5.32 Å². The smallest absolute Gasteiger partial charge is 0.255 e. The third-order valence-corrected chi connectivity index (χ3v) is 7.39. The lowest BCUT2D eigenvalue weighted by atomic mass is 10.1. The molecule has 8 heteroatoms. The number of amides is 1. The number of hydrogen-bond acceptors (Lipinski definition) is 5. The van der Waals surface area contributed by atoms with Crippen molar-refractivity contribution in [3.63, 3.8) is 0 Å². The van der Waals surface area contributed by atoms with Crippen molar-refractivity contribution >= 4 is 21.6 Å². The molecule has 4 aromatic rings. The van der Waals surface area contributed by atoms with Crippen molar-refractivity contribution in [3.8, 4) is 17.2 Å². The van der Waals surface area contributed by atoms with Gasteiger partial charge in [0.1, 0.15) is 11.5 Å². The van der Waals surface area contributed by atoms with E-state index in [9.17, 15) is 13.2 Å². The van der Waals surface area contributed by atoms with Crippen LogP contribution in [0.1, 0.15) is 22.8 Å². The van der Waals surface area contributed by atoms with Gasteiger partial charge < -0.3 is 14.8 Å². The van der Waals surface area contributed by atoms with Gasteiger partial charge in [-0.2, -0.15) is 4.31 Å². The van der Waals surface area contributed by atoms with Crippen LogP contribution in [0.25, 0.3) is 0 Å². The molecule has 0 bridgehead atoms. The van der Waals surface area contributed by atoms with Crippen LogP contribution in [0.4, 0.5) is 5.69 Å². The minimum Gasteiger partial charge on any atom is -0.494 e. The summed E-state index contributed by atoms with van der Waals surface area (Å²) in [7, 11) is -2.22. The van der Waals surface area contributed by atoms with E-state index >= 15 is 0 Å². The van der Waals surface area contributed by atoms with E-state index in [0.29, 0.717) is 40.7 Å². The highest BCUT2D eigenvalue weighted by Gasteiger charge is 2.23. The first-order valence-electron chi connectivity index (χ1n) is 11.8. The second-order valence-corrected chi connectivity index (χ2v) is 10.2. The standard InChI is InChI=1S/C29H28N2O5S/c1-3-35-27-19-18-22(20-23(27)21-31(2)37(33,34)25-14-8-5-9-15-25)29(32)30-26-16-10-11-17-28(26)36-24-12-6-4-7-13-24/h4-20H,3,21H2,1-2H3,(H,30,32). The molecule has 0 heterocycles. The number of hydrogen-bond donors (Lipinski definition) is 1. The molecule has 0 aliphatic carbocycles. The fraction of sp³-hybridized carbons (Fsp3) is 0.138. The Morgan fingerprint density at radius 3 is 2.19 bits per heavy atom. The maximum atomic E-state index is 13.2. The molecule has 7 nitrogen and oxygen atoms in total. The van der Waals surface area contributed by atoms with Gasteiger partial charge in [-0.1, -0.05) is 48.5 Å². The number of rotatable bonds is 10. The number of para-hydroxylation sites is 3. The van der Waals surface area contributed by atoms with E-state index in [1.165, 1.54) is 11.4 Å². The Labute approximate surface area is 217 Å². The number of ether oxygens (including phenoxy) is 2. The summed E-state index contributed by atoms with van der Waals surface area (Å²) >= 11 is 0. The Morgan fingerprint density at radius 1 is 0.838 bits per heavy atom. The third kappa shape index (κ3) is 6.35. The first-order chi connectivity index (χ1) is 17.9. The monoisotopic (exact) mass is 516 g/mol. The number of nitrogens with zero attached hydrogens (tertiary/aromatic N) is 1.